The van der Waals surface area contributed by atoms with Crippen molar-refractivity contribution in [2.75, 3.05) is 19.8 Å². The maximum Gasteiger partial charge on any atom is 0.255 e. The first-order chi connectivity index (χ1) is 21.0. The summed E-state index contributed by atoms with van der Waals surface area (Å²) >= 11 is 0. The second kappa shape index (κ2) is 12.6. The van der Waals surface area contributed by atoms with Crippen molar-refractivity contribution in [3.63, 3.8) is 0 Å². The van der Waals surface area contributed by atoms with Gasteiger partial charge in [-0.1, -0.05) is 31.5 Å². The first-order valence-corrected chi connectivity index (χ1v) is 15.2. The van der Waals surface area contributed by atoms with Crippen LogP contribution >= 0.6 is 0 Å². The third-order valence-electron chi connectivity index (χ3n) is 9.15. The van der Waals surface area contributed by atoms with Crippen LogP contribution < -0.4 is 11.1 Å². The lowest BCUT2D eigenvalue weighted by atomic mass is 9.60. The number of carbonyl (C=O) groups excluding carboxylic acids is 3. The third kappa shape index (κ3) is 5.42. The number of phenols is 1. The molecule has 0 aliphatic heterocycles. The number of amides is 1. The zero-order valence-corrected chi connectivity index (χ0v) is 25.1. The lowest BCUT2D eigenvalue weighted by molar-refractivity contribution is -0.144. The van der Waals surface area contributed by atoms with E-state index in [0.29, 0.717) is 18.7 Å². The van der Waals surface area contributed by atoms with Gasteiger partial charge in [0.25, 0.3) is 5.91 Å². The van der Waals surface area contributed by atoms with Crippen LogP contribution in [0.5, 0.6) is 5.75 Å². The average Bonchev–Trinajstić information content (AvgIpc) is 2.97. The number of nitrogens with two attached hydrogens (primary N) is 1. The molecule has 3 aliphatic rings. The molecule has 0 unspecified atom stereocenters. The SMILES string of the molecule is CCCCOCCCNCc1ccc(C)c(-c2ccc(O)c3c2C[C@H]2C[C@H]4CC(O)=C(C(N)=O)C(=O)[C@@]4(O)C(O)=C2C3=O)c1. The van der Waals surface area contributed by atoms with E-state index in [0.717, 1.165) is 54.7 Å². The number of unbranched alkanes of at least 4 members (excludes halogenated alkanes) is 1. The van der Waals surface area contributed by atoms with Crippen molar-refractivity contribution >= 4 is 17.5 Å². The summed E-state index contributed by atoms with van der Waals surface area (Å²) in [6.45, 7) is 7.05. The van der Waals surface area contributed by atoms with Crippen LogP contribution in [0.15, 0.2) is 53.0 Å². The quantitative estimate of drug-likeness (QED) is 0.164. The minimum Gasteiger partial charge on any atom is -0.511 e. The van der Waals surface area contributed by atoms with E-state index in [4.69, 9.17) is 10.5 Å². The predicted octanol–water partition coefficient (Wildman–Crippen LogP) is 3.85. The van der Waals surface area contributed by atoms with Gasteiger partial charge >= 0.3 is 0 Å². The Morgan fingerprint density at radius 1 is 1.07 bits per heavy atom. The highest BCUT2D eigenvalue weighted by Crippen LogP contribution is 2.52. The fraction of sp³-hybridized carbons (Fsp3) is 0.441. The molecule has 1 amide bonds. The highest BCUT2D eigenvalue weighted by atomic mass is 16.5. The molecule has 7 N–H and O–H groups in total. The van der Waals surface area contributed by atoms with E-state index >= 15 is 0 Å². The lowest BCUT2D eigenvalue weighted by Gasteiger charge is -2.45. The molecule has 3 aliphatic carbocycles. The van der Waals surface area contributed by atoms with E-state index in [-0.39, 0.29) is 36.1 Å². The van der Waals surface area contributed by atoms with Crippen molar-refractivity contribution in [2.45, 2.75) is 64.5 Å². The first kappa shape index (κ1) is 31.4. The molecule has 0 aromatic heterocycles. The van der Waals surface area contributed by atoms with E-state index in [1.54, 1.807) is 6.07 Å². The molecule has 10 heteroatoms. The summed E-state index contributed by atoms with van der Waals surface area (Å²) in [5.74, 6) is -6.39. The largest absolute Gasteiger partial charge is 0.511 e. The number of primary amides is 1. The standard InChI is InChI=1S/C34H40N2O8/c1-3-4-11-44-12-5-10-36-17-19-7-6-18(2)23(13-19)22-8-9-25(37)28-24(22)15-20-14-21-16-26(38)29(33(35)42)32(41)34(21,43)31(40)27(20)30(28)39/h6-9,13,20-21,36-38,40,43H,3-5,10-12,14-17H2,1-2H3,(H2,35,42)/t20-,21+,34+/m1/s1. The van der Waals surface area contributed by atoms with E-state index < -0.39 is 52.0 Å². The Hall–Kier alpha value is -3.99. The minimum absolute atomic E-state index is 0.00474. The Bertz CT molecular complexity index is 1580. The predicted molar refractivity (Wildman–Crippen MR) is 163 cm³/mol. The van der Waals surface area contributed by atoms with Gasteiger partial charge in [0.1, 0.15) is 22.8 Å². The molecule has 2 aromatic rings. The Kier molecular flexibility index (Phi) is 8.97. The minimum atomic E-state index is -2.58. The topological polar surface area (TPSA) is 179 Å². The number of aromatic hydroxyl groups is 1. The van der Waals surface area contributed by atoms with Gasteiger partial charge in [0.2, 0.25) is 5.78 Å². The second-order valence-electron chi connectivity index (χ2n) is 12.0. The van der Waals surface area contributed by atoms with Crippen LogP contribution in [-0.2, 0) is 27.3 Å². The average molecular weight is 605 g/mol. The van der Waals surface area contributed by atoms with Crippen molar-refractivity contribution in [3.05, 3.63) is 75.3 Å². The Morgan fingerprint density at radius 2 is 1.82 bits per heavy atom. The Balaban J connectivity index is 1.45. The number of aliphatic hydroxyl groups is 3. The summed E-state index contributed by atoms with van der Waals surface area (Å²) in [6, 6.07) is 9.34. The summed E-state index contributed by atoms with van der Waals surface area (Å²) in [7, 11) is 0. The monoisotopic (exact) mass is 604 g/mol. The van der Waals surface area contributed by atoms with Crippen molar-refractivity contribution in [2.24, 2.45) is 17.6 Å². The number of carbonyl (C=O) groups is 3. The zero-order chi connectivity index (χ0) is 31.8. The van der Waals surface area contributed by atoms with Crippen LogP contribution in [-0.4, -0.2) is 63.3 Å². The van der Waals surface area contributed by atoms with Gasteiger partial charge in [-0.15, -0.1) is 0 Å². The van der Waals surface area contributed by atoms with Crippen LogP contribution in [0.3, 0.4) is 0 Å². The number of hydrogen-bond donors (Lipinski definition) is 6. The second-order valence-corrected chi connectivity index (χ2v) is 12.0. The lowest BCUT2D eigenvalue weighted by Crippen LogP contribution is -2.57. The molecular weight excluding hydrogens is 564 g/mol. The number of allylic oxidation sites excluding steroid dienone is 2. The molecule has 0 fully saturated rings. The molecular formula is C34H40N2O8. The fourth-order valence-electron chi connectivity index (χ4n) is 6.82. The summed E-state index contributed by atoms with van der Waals surface area (Å²) in [5, 5.41) is 47.4. The molecule has 0 bridgehead atoms. The summed E-state index contributed by atoms with van der Waals surface area (Å²) in [4.78, 5) is 39.0. The number of ether oxygens (including phenoxy) is 1. The maximum atomic E-state index is 13.9. The maximum absolute atomic E-state index is 13.9. The summed E-state index contributed by atoms with van der Waals surface area (Å²) in [6.07, 6.45) is 3.15. The highest BCUT2D eigenvalue weighted by Gasteiger charge is 2.59. The number of nitrogens with one attached hydrogen (secondary N) is 1. The molecule has 0 spiro atoms. The number of rotatable bonds is 11. The number of fused-ring (bicyclic) bond motifs is 3. The summed E-state index contributed by atoms with van der Waals surface area (Å²) < 4.78 is 5.62. The van der Waals surface area contributed by atoms with Gasteiger partial charge in [-0.25, -0.2) is 0 Å². The van der Waals surface area contributed by atoms with E-state index in [9.17, 15) is 34.8 Å². The molecule has 2 aromatic carbocycles. The first-order valence-electron chi connectivity index (χ1n) is 15.2. The molecule has 0 radical (unpaired) electrons. The summed E-state index contributed by atoms with van der Waals surface area (Å²) in [5.41, 5.74) is 6.06. The normalized spacial score (nSPS) is 23.0. The molecule has 10 nitrogen and oxygen atoms in total. The van der Waals surface area contributed by atoms with Crippen molar-refractivity contribution < 1.29 is 39.5 Å². The molecule has 234 valence electrons. The van der Waals surface area contributed by atoms with Crippen molar-refractivity contribution in [1.29, 1.82) is 0 Å². The van der Waals surface area contributed by atoms with Gasteiger partial charge in [0.05, 0.1) is 5.56 Å². The van der Waals surface area contributed by atoms with Crippen LogP contribution in [0, 0.1) is 18.8 Å². The molecule has 5 rings (SSSR count). The van der Waals surface area contributed by atoms with Crippen LogP contribution in [0.25, 0.3) is 11.1 Å². The number of benzene rings is 2. The van der Waals surface area contributed by atoms with Gasteiger partial charge in [-0.3, -0.25) is 14.4 Å². The highest BCUT2D eigenvalue weighted by molar-refractivity contribution is 6.24. The number of aliphatic hydroxyl groups excluding tert-OH is 2. The smallest absolute Gasteiger partial charge is 0.255 e. The van der Waals surface area contributed by atoms with Crippen LogP contribution in [0.2, 0.25) is 0 Å². The molecule has 0 saturated carbocycles. The van der Waals surface area contributed by atoms with Gasteiger partial charge in [-0.2, -0.15) is 0 Å². The van der Waals surface area contributed by atoms with Crippen molar-refractivity contribution in [3.8, 4) is 16.9 Å². The van der Waals surface area contributed by atoms with Crippen molar-refractivity contribution in [1.82, 2.24) is 5.32 Å². The fourth-order valence-corrected chi connectivity index (χ4v) is 6.82. The zero-order valence-electron chi connectivity index (χ0n) is 25.1. The number of hydrogen-bond acceptors (Lipinski definition) is 9. The van der Waals surface area contributed by atoms with Gasteiger partial charge in [-0.05, 0) is 85.0 Å². The van der Waals surface area contributed by atoms with Crippen LogP contribution in [0.4, 0.5) is 0 Å². The number of Topliss-reactive ketones (excluding diaryl/α,β-unsaturated/α-hetero) is 2. The van der Waals surface area contributed by atoms with Gasteiger partial charge < -0.3 is 36.2 Å². The molecule has 3 atom stereocenters. The Labute approximate surface area is 256 Å². The number of phenolic OH excluding ortho intramolecular Hbond substituents is 1. The molecule has 0 heterocycles. The van der Waals surface area contributed by atoms with Gasteiger partial charge in [0, 0.05) is 37.7 Å². The van der Waals surface area contributed by atoms with Crippen LogP contribution in [0.1, 0.15) is 66.1 Å². The van der Waals surface area contributed by atoms with Gasteiger partial charge in [0.15, 0.2) is 11.4 Å². The Morgan fingerprint density at radius 3 is 2.55 bits per heavy atom. The van der Waals surface area contributed by atoms with E-state index in [1.165, 1.54) is 6.07 Å². The van der Waals surface area contributed by atoms with E-state index in [1.807, 2.05) is 19.1 Å². The van der Waals surface area contributed by atoms with E-state index in [2.05, 4.69) is 18.3 Å². The molecule has 44 heavy (non-hydrogen) atoms. The molecule has 0 saturated heterocycles. The third-order valence-corrected chi connectivity index (χ3v) is 9.15. The number of ketones is 2. The number of aryl methyl sites for hydroxylation is 1.